The molecule has 1 amide bonds. The van der Waals surface area contributed by atoms with E-state index in [0.29, 0.717) is 28.6 Å². The number of nitrogens with one attached hydrogen (secondary N) is 1. The highest BCUT2D eigenvalue weighted by Crippen LogP contribution is 2.35. The number of esters is 1. The third kappa shape index (κ3) is 5.79. The Morgan fingerprint density at radius 2 is 1.83 bits per heavy atom. The number of carbonyl (C=O) groups excluding carboxylic acids is 2. The van der Waals surface area contributed by atoms with Crippen molar-refractivity contribution in [1.29, 1.82) is 0 Å². The van der Waals surface area contributed by atoms with Crippen molar-refractivity contribution >= 4 is 23.3 Å². The predicted molar refractivity (Wildman–Crippen MR) is 112 cm³/mol. The summed E-state index contributed by atoms with van der Waals surface area (Å²) in [6.07, 6.45) is 0. The zero-order valence-corrected chi connectivity index (χ0v) is 17.6. The molecule has 1 aliphatic rings. The molecule has 2 aromatic carbocycles. The summed E-state index contributed by atoms with van der Waals surface area (Å²) in [7, 11) is 1.56. The molecular weight excluding hydrogens is 388 g/mol. The second kappa shape index (κ2) is 8.94. The molecule has 0 fully saturated rings. The van der Waals surface area contributed by atoms with Crippen LogP contribution in [0.2, 0.25) is 0 Å². The van der Waals surface area contributed by atoms with Crippen LogP contribution in [0.15, 0.2) is 42.5 Å². The van der Waals surface area contributed by atoms with Crippen LogP contribution in [0.25, 0.3) is 0 Å². The molecule has 160 valence electrons. The lowest BCUT2D eigenvalue weighted by Gasteiger charge is -2.26. The number of hydrogen-bond donors (Lipinski definition) is 1. The van der Waals surface area contributed by atoms with Gasteiger partial charge in [0, 0.05) is 23.5 Å². The molecule has 3 rings (SSSR count). The molecule has 0 radical (unpaired) electrons. The van der Waals surface area contributed by atoms with Gasteiger partial charge in [-0.1, -0.05) is 6.07 Å². The maximum absolute atomic E-state index is 12.7. The van der Waals surface area contributed by atoms with E-state index in [1.54, 1.807) is 75.2 Å². The maximum Gasteiger partial charge on any atom is 0.326 e. The first-order chi connectivity index (χ1) is 14.2. The SMILES string of the molecule is COc1cccc(NC(=O)CN(CC(=O)OC(C)(C)C)c2ccc3c(c2)OCO3)c1. The second-order valence-electron chi connectivity index (χ2n) is 7.76. The molecular formula is C22H26N2O6. The molecule has 0 aliphatic carbocycles. The molecule has 1 N–H and O–H groups in total. The summed E-state index contributed by atoms with van der Waals surface area (Å²) < 4.78 is 21.4. The number of hydrogen-bond acceptors (Lipinski definition) is 7. The highest BCUT2D eigenvalue weighted by molar-refractivity contribution is 5.95. The number of benzene rings is 2. The van der Waals surface area contributed by atoms with Crippen molar-refractivity contribution < 1.29 is 28.5 Å². The monoisotopic (exact) mass is 414 g/mol. The van der Waals surface area contributed by atoms with Crippen LogP contribution in [0, 0.1) is 0 Å². The number of anilines is 2. The lowest BCUT2D eigenvalue weighted by Crippen LogP contribution is -2.39. The molecule has 2 aromatic rings. The van der Waals surface area contributed by atoms with Crippen LogP contribution in [-0.2, 0) is 14.3 Å². The zero-order chi connectivity index (χ0) is 21.7. The Kier molecular flexibility index (Phi) is 6.34. The molecule has 1 aliphatic heterocycles. The fourth-order valence-electron chi connectivity index (χ4n) is 2.92. The van der Waals surface area contributed by atoms with Gasteiger partial charge in [0.1, 0.15) is 17.9 Å². The van der Waals surface area contributed by atoms with Crippen molar-refractivity contribution in [2.24, 2.45) is 0 Å². The van der Waals surface area contributed by atoms with Gasteiger partial charge in [0.05, 0.1) is 13.7 Å². The number of methoxy groups -OCH3 is 1. The Hall–Kier alpha value is -3.42. The normalized spacial score (nSPS) is 12.3. The average Bonchev–Trinajstić information content (AvgIpc) is 3.14. The molecule has 0 unspecified atom stereocenters. The van der Waals surface area contributed by atoms with E-state index in [-0.39, 0.29) is 25.8 Å². The van der Waals surface area contributed by atoms with E-state index in [9.17, 15) is 9.59 Å². The number of rotatable bonds is 7. The Morgan fingerprint density at radius 1 is 1.07 bits per heavy atom. The van der Waals surface area contributed by atoms with Gasteiger partial charge < -0.3 is 29.2 Å². The number of nitrogens with zero attached hydrogens (tertiary/aromatic N) is 1. The first-order valence-corrected chi connectivity index (χ1v) is 9.54. The number of amides is 1. The molecule has 0 saturated carbocycles. The van der Waals surface area contributed by atoms with Crippen molar-refractivity contribution in [2.45, 2.75) is 26.4 Å². The molecule has 0 spiro atoms. The van der Waals surface area contributed by atoms with Crippen molar-refractivity contribution in [3.63, 3.8) is 0 Å². The molecule has 30 heavy (non-hydrogen) atoms. The maximum atomic E-state index is 12.7. The van der Waals surface area contributed by atoms with Gasteiger partial charge in [-0.2, -0.15) is 0 Å². The molecule has 0 aromatic heterocycles. The number of ether oxygens (including phenoxy) is 4. The quantitative estimate of drug-likeness (QED) is 0.696. The van der Waals surface area contributed by atoms with E-state index < -0.39 is 11.6 Å². The van der Waals surface area contributed by atoms with Crippen molar-refractivity contribution in [3.05, 3.63) is 42.5 Å². The number of carbonyl (C=O) groups is 2. The Labute approximate surface area is 175 Å². The first-order valence-electron chi connectivity index (χ1n) is 9.54. The largest absolute Gasteiger partial charge is 0.497 e. The molecule has 0 bridgehead atoms. The smallest absolute Gasteiger partial charge is 0.326 e. The fourth-order valence-corrected chi connectivity index (χ4v) is 2.92. The lowest BCUT2D eigenvalue weighted by molar-refractivity contribution is -0.152. The topological polar surface area (TPSA) is 86.3 Å². The zero-order valence-electron chi connectivity index (χ0n) is 17.6. The summed E-state index contributed by atoms with van der Waals surface area (Å²) in [6.45, 7) is 5.38. The van der Waals surface area contributed by atoms with Crippen LogP contribution in [0.1, 0.15) is 20.8 Å². The molecule has 8 nitrogen and oxygen atoms in total. The Morgan fingerprint density at radius 3 is 2.57 bits per heavy atom. The summed E-state index contributed by atoms with van der Waals surface area (Å²) in [5.41, 5.74) is 0.619. The van der Waals surface area contributed by atoms with Gasteiger partial charge in [-0.25, -0.2) is 0 Å². The molecule has 0 saturated heterocycles. The van der Waals surface area contributed by atoms with Crippen LogP contribution in [0.4, 0.5) is 11.4 Å². The molecule has 8 heteroatoms. The van der Waals surface area contributed by atoms with E-state index in [0.717, 1.165) is 0 Å². The summed E-state index contributed by atoms with van der Waals surface area (Å²) in [4.78, 5) is 26.8. The van der Waals surface area contributed by atoms with E-state index in [2.05, 4.69) is 5.32 Å². The fraction of sp³-hybridized carbons (Fsp3) is 0.364. The summed E-state index contributed by atoms with van der Waals surface area (Å²) >= 11 is 0. The van der Waals surface area contributed by atoms with E-state index in [1.807, 2.05) is 0 Å². The van der Waals surface area contributed by atoms with Gasteiger partial charge >= 0.3 is 5.97 Å². The first kappa shape index (κ1) is 21.3. The van der Waals surface area contributed by atoms with Gasteiger partial charge in [0.25, 0.3) is 0 Å². The van der Waals surface area contributed by atoms with Gasteiger partial charge in [0.15, 0.2) is 11.5 Å². The van der Waals surface area contributed by atoms with E-state index in [4.69, 9.17) is 18.9 Å². The van der Waals surface area contributed by atoms with E-state index >= 15 is 0 Å². The minimum atomic E-state index is -0.625. The molecule has 1 heterocycles. The predicted octanol–water partition coefficient (Wildman–Crippen LogP) is 3.21. The third-order valence-electron chi connectivity index (χ3n) is 4.15. The summed E-state index contributed by atoms with van der Waals surface area (Å²) in [5.74, 6) is 1.10. The number of fused-ring (bicyclic) bond motifs is 1. The van der Waals surface area contributed by atoms with Crippen molar-refractivity contribution in [2.75, 3.05) is 37.2 Å². The molecule has 0 atom stereocenters. The van der Waals surface area contributed by atoms with Crippen LogP contribution in [0.3, 0.4) is 0 Å². The van der Waals surface area contributed by atoms with Crippen LogP contribution in [0.5, 0.6) is 17.2 Å². The van der Waals surface area contributed by atoms with Gasteiger partial charge in [-0.05, 0) is 45.0 Å². The minimum absolute atomic E-state index is 0.0594. The van der Waals surface area contributed by atoms with Crippen LogP contribution >= 0.6 is 0 Å². The Balaban J connectivity index is 1.76. The van der Waals surface area contributed by atoms with E-state index in [1.165, 1.54) is 0 Å². The van der Waals surface area contributed by atoms with Crippen molar-refractivity contribution in [1.82, 2.24) is 0 Å². The summed E-state index contributed by atoms with van der Waals surface area (Å²) in [5, 5.41) is 2.82. The highest BCUT2D eigenvalue weighted by atomic mass is 16.7. The van der Waals surface area contributed by atoms with Gasteiger partial charge in [0.2, 0.25) is 12.7 Å². The standard InChI is InChI=1S/C22H26N2O6/c1-22(2,3)30-21(26)13-24(16-8-9-18-19(11-16)29-14-28-18)12-20(25)23-15-6-5-7-17(10-15)27-4/h5-11H,12-14H2,1-4H3,(H,23,25). The van der Waals surface area contributed by atoms with Gasteiger partial charge in [-0.15, -0.1) is 0 Å². The minimum Gasteiger partial charge on any atom is -0.497 e. The van der Waals surface area contributed by atoms with Crippen molar-refractivity contribution in [3.8, 4) is 17.2 Å². The average molecular weight is 414 g/mol. The second-order valence-corrected chi connectivity index (χ2v) is 7.76. The third-order valence-corrected chi connectivity index (χ3v) is 4.15. The Bertz CT molecular complexity index is 922. The lowest BCUT2D eigenvalue weighted by atomic mass is 10.2. The highest BCUT2D eigenvalue weighted by Gasteiger charge is 2.23. The summed E-state index contributed by atoms with van der Waals surface area (Å²) in [6, 6.07) is 12.3. The van der Waals surface area contributed by atoms with Crippen LogP contribution in [-0.4, -0.2) is 44.5 Å². The van der Waals surface area contributed by atoms with Gasteiger partial charge in [-0.3, -0.25) is 9.59 Å². The van der Waals surface area contributed by atoms with Crippen LogP contribution < -0.4 is 24.4 Å².